The molecule has 0 radical (unpaired) electrons. The van der Waals surface area contributed by atoms with Gasteiger partial charge in [0.05, 0.1) is 12.0 Å². The Labute approximate surface area is 138 Å². The van der Waals surface area contributed by atoms with E-state index in [0.717, 1.165) is 5.39 Å². The van der Waals surface area contributed by atoms with Gasteiger partial charge in [-0.1, -0.05) is 42.5 Å². The number of nitrogens with one attached hydrogen (secondary N) is 2. The average Bonchev–Trinajstić information content (AvgIpc) is 2.99. The van der Waals surface area contributed by atoms with E-state index in [1.165, 1.54) is 6.33 Å². The molecule has 2 aromatic carbocycles. The molecule has 0 aliphatic rings. The van der Waals surface area contributed by atoms with Crippen molar-refractivity contribution < 1.29 is 18.3 Å². The second kappa shape index (κ2) is 6.06. The summed E-state index contributed by atoms with van der Waals surface area (Å²) in [6.45, 7) is 1.55. The number of aromatic amines is 1. The minimum Gasteiger partial charge on any atom is -0.480 e. The van der Waals surface area contributed by atoms with Gasteiger partial charge in [-0.15, -0.1) is 0 Å². The van der Waals surface area contributed by atoms with Gasteiger partial charge in [-0.25, -0.2) is 13.4 Å². The molecule has 8 heteroatoms. The van der Waals surface area contributed by atoms with E-state index in [2.05, 4.69) is 14.7 Å². The number of H-pyrrole nitrogens is 1. The monoisotopic (exact) mass is 345 g/mol. The summed E-state index contributed by atoms with van der Waals surface area (Å²) in [6.07, 6.45) is 1.25. The number of aliphatic carboxylic acids is 1. The first-order valence-electron chi connectivity index (χ1n) is 7.13. The van der Waals surface area contributed by atoms with E-state index in [4.69, 9.17) is 0 Å². The van der Waals surface area contributed by atoms with Crippen LogP contribution in [0.3, 0.4) is 0 Å². The maximum Gasteiger partial charge on any atom is 0.326 e. The molecule has 0 aliphatic heterocycles. The first-order valence-corrected chi connectivity index (χ1v) is 8.61. The van der Waals surface area contributed by atoms with E-state index in [1.807, 2.05) is 18.2 Å². The highest BCUT2D eigenvalue weighted by Gasteiger charge is 2.30. The van der Waals surface area contributed by atoms with Crippen molar-refractivity contribution in [1.29, 1.82) is 0 Å². The molecule has 1 aromatic heterocycles. The lowest BCUT2D eigenvalue weighted by atomic mass is 9.99. The van der Waals surface area contributed by atoms with Crippen molar-refractivity contribution in [2.75, 3.05) is 0 Å². The molecule has 0 spiro atoms. The summed E-state index contributed by atoms with van der Waals surface area (Å²) in [4.78, 5) is 18.1. The molecule has 3 N–H and O–H groups in total. The lowest BCUT2D eigenvalue weighted by molar-refractivity contribution is -0.139. The highest BCUT2D eigenvalue weighted by Crippen LogP contribution is 2.26. The van der Waals surface area contributed by atoms with Gasteiger partial charge in [-0.3, -0.25) is 4.79 Å². The van der Waals surface area contributed by atoms with Crippen molar-refractivity contribution in [3.63, 3.8) is 0 Å². The van der Waals surface area contributed by atoms with Gasteiger partial charge < -0.3 is 10.1 Å². The van der Waals surface area contributed by atoms with Crippen LogP contribution in [0.1, 0.15) is 17.3 Å². The summed E-state index contributed by atoms with van der Waals surface area (Å²) in [5.41, 5.74) is 0.710. The number of carboxylic acid groups (broad SMARTS) is 1. The SMILES string of the molecule is Cc1[nH]cnc1S(=O)(=O)NC(C(=O)O)c1cccc2ccccc12. The fourth-order valence-corrected chi connectivity index (χ4v) is 3.88. The van der Waals surface area contributed by atoms with Crippen molar-refractivity contribution >= 4 is 26.8 Å². The summed E-state index contributed by atoms with van der Waals surface area (Å²) in [6, 6.07) is 10.9. The van der Waals surface area contributed by atoms with E-state index in [0.29, 0.717) is 16.6 Å². The normalized spacial score (nSPS) is 13.0. The van der Waals surface area contributed by atoms with Crippen molar-refractivity contribution in [2.24, 2.45) is 0 Å². The van der Waals surface area contributed by atoms with Gasteiger partial charge in [-0.05, 0) is 23.3 Å². The van der Waals surface area contributed by atoms with Crippen molar-refractivity contribution in [3.05, 3.63) is 60.0 Å². The molecular weight excluding hydrogens is 330 g/mol. The van der Waals surface area contributed by atoms with Gasteiger partial charge in [0, 0.05) is 0 Å². The van der Waals surface area contributed by atoms with Crippen molar-refractivity contribution in [2.45, 2.75) is 18.0 Å². The lowest BCUT2D eigenvalue weighted by Crippen LogP contribution is -2.34. The molecule has 0 fully saturated rings. The van der Waals surface area contributed by atoms with Crippen LogP contribution in [0.5, 0.6) is 0 Å². The zero-order valence-electron chi connectivity index (χ0n) is 12.7. The standard InChI is InChI=1S/C16H15N3O4S/c1-10-15(18-9-17-10)24(22,23)19-14(16(20)21)13-8-4-6-11-5-2-3-7-12(11)13/h2-9,14,19H,1H3,(H,17,18)(H,20,21). The Bertz CT molecular complexity index is 1010. The van der Waals surface area contributed by atoms with Crippen LogP contribution in [0.2, 0.25) is 0 Å². The Hall–Kier alpha value is -2.71. The van der Waals surface area contributed by atoms with E-state index in [9.17, 15) is 18.3 Å². The Morgan fingerprint density at radius 3 is 2.58 bits per heavy atom. The Balaban J connectivity index is 2.08. The number of hydrogen-bond donors (Lipinski definition) is 3. The van der Waals surface area contributed by atoms with Crippen molar-refractivity contribution in [3.8, 4) is 0 Å². The number of carbonyl (C=O) groups is 1. The average molecular weight is 345 g/mol. The molecule has 124 valence electrons. The highest BCUT2D eigenvalue weighted by molar-refractivity contribution is 7.89. The second-order valence-electron chi connectivity index (χ2n) is 5.29. The van der Waals surface area contributed by atoms with Gasteiger partial charge >= 0.3 is 5.97 Å². The van der Waals surface area contributed by atoms with Crippen LogP contribution in [0, 0.1) is 6.92 Å². The number of carboxylic acids is 1. The molecule has 0 aliphatic carbocycles. The molecule has 0 amide bonds. The molecule has 3 rings (SSSR count). The fraction of sp³-hybridized carbons (Fsp3) is 0.125. The number of imidazole rings is 1. The van der Waals surface area contributed by atoms with E-state index in [-0.39, 0.29) is 5.03 Å². The van der Waals surface area contributed by atoms with Crippen LogP contribution in [0.25, 0.3) is 10.8 Å². The van der Waals surface area contributed by atoms with Crippen LogP contribution in [0.4, 0.5) is 0 Å². The van der Waals surface area contributed by atoms with Crippen LogP contribution in [-0.4, -0.2) is 29.5 Å². The number of rotatable bonds is 5. The maximum absolute atomic E-state index is 12.5. The number of aromatic nitrogens is 2. The molecule has 7 nitrogen and oxygen atoms in total. The Kier molecular flexibility index (Phi) is 4.08. The number of sulfonamides is 1. The second-order valence-corrected chi connectivity index (χ2v) is 6.92. The summed E-state index contributed by atoms with van der Waals surface area (Å²) in [7, 11) is -4.08. The lowest BCUT2D eigenvalue weighted by Gasteiger charge is -2.16. The summed E-state index contributed by atoms with van der Waals surface area (Å²) in [5.74, 6) is -1.29. The first-order chi connectivity index (χ1) is 11.4. The van der Waals surface area contributed by atoms with Crippen LogP contribution in [-0.2, 0) is 14.8 Å². The van der Waals surface area contributed by atoms with Gasteiger partial charge in [0.1, 0.15) is 6.04 Å². The minimum atomic E-state index is -4.08. The topological polar surface area (TPSA) is 112 Å². The van der Waals surface area contributed by atoms with E-state index < -0.39 is 22.0 Å². The Morgan fingerprint density at radius 1 is 1.21 bits per heavy atom. The quantitative estimate of drug-likeness (QED) is 0.654. The van der Waals surface area contributed by atoms with Crippen LogP contribution >= 0.6 is 0 Å². The van der Waals surface area contributed by atoms with Gasteiger partial charge in [-0.2, -0.15) is 4.72 Å². The molecular formula is C16H15N3O4S. The van der Waals surface area contributed by atoms with E-state index in [1.54, 1.807) is 31.2 Å². The zero-order valence-corrected chi connectivity index (χ0v) is 13.5. The number of aryl methyl sites for hydroxylation is 1. The highest BCUT2D eigenvalue weighted by atomic mass is 32.2. The summed E-state index contributed by atoms with van der Waals surface area (Å²) < 4.78 is 27.2. The predicted octanol–water partition coefficient (Wildman–Crippen LogP) is 1.98. The maximum atomic E-state index is 12.5. The minimum absolute atomic E-state index is 0.214. The third kappa shape index (κ3) is 2.89. The zero-order chi connectivity index (χ0) is 17.3. The van der Waals surface area contributed by atoms with Gasteiger partial charge in [0.25, 0.3) is 10.0 Å². The Morgan fingerprint density at radius 2 is 1.92 bits per heavy atom. The number of nitrogens with zero attached hydrogens (tertiary/aromatic N) is 1. The molecule has 0 saturated heterocycles. The summed E-state index contributed by atoms with van der Waals surface area (Å²) >= 11 is 0. The molecule has 0 saturated carbocycles. The van der Waals surface area contributed by atoms with Gasteiger partial charge in [0.2, 0.25) is 0 Å². The summed E-state index contributed by atoms with van der Waals surface area (Å²) in [5, 5.41) is 10.9. The first kappa shape index (κ1) is 16.2. The van der Waals surface area contributed by atoms with Crippen molar-refractivity contribution in [1.82, 2.24) is 14.7 Å². The fourth-order valence-electron chi connectivity index (χ4n) is 2.58. The van der Waals surface area contributed by atoms with Crippen LogP contribution in [0.15, 0.2) is 53.8 Å². The predicted molar refractivity (Wildman–Crippen MR) is 88.0 cm³/mol. The molecule has 0 bridgehead atoms. The molecule has 1 atom stereocenters. The third-order valence-corrected chi connectivity index (χ3v) is 5.16. The largest absolute Gasteiger partial charge is 0.480 e. The number of fused-ring (bicyclic) bond motifs is 1. The van der Waals surface area contributed by atoms with Gasteiger partial charge in [0.15, 0.2) is 5.03 Å². The number of hydrogen-bond acceptors (Lipinski definition) is 4. The number of benzene rings is 2. The smallest absolute Gasteiger partial charge is 0.326 e. The third-order valence-electron chi connectivity index (χ3n) is 3.69. The van der Waals surface area contributed by atoms with E-state index >= 15 is 0 Å². The molecule has 3 aromatic rings. The molecule has 1 heterocycles. The molecule has 24 heavy (non-hydrogen) atoms. The van der Waals surface area contributed by atoms with Crippen LogP contribution < -0.4 is 4.72 Å². The molecule has 1 unspecified atom stereocenters.